The van der Waals surface area contributed by atoms with E-state index in [1.54, 1.807) is 6.07 Å². The molecule has 0 N–H and O–H groups in total. The molecule has 0 amide bonds. The van der Waals surface area contributed by atoms with E-state index in [1.807, 2.05) is 0 Å². The Kier molecular flexibility index (Phi) is 6.94. The van der Waals surface area contributed by atoms with Crippen LogP contribution in [0.1, 0.15) is 43.0 Å². The molecule has 0 aliphatic heterocycles. The highest BCUT2D eigenvalue weighted by atomic mass is 79.9. The SMILES string of the molecule is CC(=O)c1ccc(OCCCCCCBr)cc1F. The van der Waals surface area contributed by atoms with Crippen molar-refractivity contribution in [2.24, 2.45) is 0 Å². The van der Waals surface area contributed by atoms with Crippen LogP contribution in [0.15, 0.2) is 18.2 Å². The van der Waals surface area contributed by atoms with Gasteiger partial charge < -0.3 is 4.74 Å². The van der Waals surface area contributed by atoms with Crippen molar-refractivity contribution in [1.29, 1.82) is 0 Å². The predicted molar refractivity (Wildman–Crippen MR) is 74.2 cm³/mol. The van der Waals surface area contributed by atoms with Crippen LogP contribution in [0.4, 0.5) is 4.39 Å². The molecule has 18 heavy (non-hydrogen) atoms. The first-order valence-electron chi connectivity index (χ1n) is 6.14. The van der Waals surface area contributed by atoms with E-state index in [0.717, 1.165) is 18.2 Å². The van der Waals surface area contributed by atoms with Gasteiger partial charge in [-0.15, -0.1) is 0 Å². The Labute approximate surface area is 116 Å². The monoisotopic (exact) mass is 316 g/mol. The largest absolute Gasteiger partial charge is 0.493 e. The van der Waals surface area contributed by atoms with Gasteiger partial charge in [-0.05, 0) is 31.9 Å². The Morgan fingerprint density at radius 2 is 2.00 bits per heavy atom. The molecular weight excluding hydrogens is 299 g/mol. The Hall–Kier alpha value is -0.900. The van der Waals surface area contributed by atoms with Crippen molar-refractivity contribution in [2.75, 3.05) is 11.9 Å². The van der Waals surface area contributed by atoms with Gasteiger partial charge in [0, 0.05) is 11.4 Å². The third-order valence-electron chi connectivity index (χ3n) is 2.62. The number of carbonyl (C=O) groups is 1. The van der Waals surface area contributed by atoms with E-state index in [1.165, 1.54) is 31.9 Å². The number of rotatable bonds is 8. The highest BCUT2D eigenvalue weighted by Gasteiger charge is 2.07. The van der Waals surface area contributed by atoms with Crippen LogP contribution in [0.5, 0.6) is 5.75 Å². The first-order valence-corrected chi connectivity index (χ1v) is 7.26. The maximum absolute atomic E-state index is 13.5. The highest BCUT2D eigenvalue weighted by molar-refractivity contribution is 9.09. The number of ether oxygens (including phenoxy) is 1. The lowest BCUT2D eigenvalue weighted by Gasteiger charge is -2.07. The minimum Gasteiger partial charge on any atom is -0.493 e. The van der Waals surface area contributed by atoms with E-state index in [2.05, 4.69) is 15.9 Å². The smallest absolute Gasteiger partial charge is 0.162 e. The lowest BCUT2D eigenvalue weighted by molar-refractivity contribution is 0.101. The molecule has 0 aromatic heterocycles. The lowest BCUT2D eigenvalue weighted by Crippen LogP contribution is -2.01. The topological polar surface area (TPSA) is 26.3 Å². The second-order valence-electron chi connectivity index (χ2n) is 4.15. The molecule has 0 atom stereocenters. The van der Waals surface area contributed by atoms with Gasteiger partial charge in [0.1, 0.15) is 11.6 Å². The van der Waals surface area contributed by atoms with Crippen molar-refractivity contribution in [3.05, 3.63) is 29.6 Å². The van der Waals surface area contributed by atoms with Crippen molar-refractivity contribution in [1.82, 2.24) is 0 Å². The second-order valence-corrected chi connectivity index (χ2v) is 4.94. The summed E-state index contributed by atoms with van der Waals surface area (Å²) in [5.41, 5.74) is 0.111. The normalized spacial score (nSPS) is 10.4. The van der Waals surface area contributed by atoms with Crippen LogP contribution in [0.2, 0.25) is 0 Å². The molecule has 0 heterocycles. The number of carbonyl (C=O) groups excluding carboxylic acids is 1. The van der Waals surface area contributed by atoms with Gasteiger partial charge in [0.2, 0.25) is 0 Å². The fraction of sp³-hybridized carbons (Fsp3) is 0.500. The van der Waals surface area contributed by atoms with Gasteiger partial charge in [-0.1, -0.05) is 28.8 Å². The van der Waals surface area contributed by atoms with Crippen molar-refractivity contribution < 1.29 is 13.9 Å². The van der Waals surface area contributed by atoms with Crippen LogP contribution in [0.25, 0.3) is 0 Å². The summed E-state index contributed by atoms with van der Waals surface area (Å²) in [4.78, 5) is 11.1. The molecule has 0 aliphatic rings. The molecule has 1 aromatic carbocycles. The summed E-state index contributed by atoms with van der Waals surface area (Å²) in [5.74, 6) is -0.300. The van der Waals surface area contributed by atoms with Gasteiger partial charge in [0.05, 0.1) is 12.2 Å². The number of hydrogen-bond acceptors (Lipinski definition) is 2. The molecule has 0 unspecified atom stereocenters. The molecule has 100 valence electrons. The average molecular weight is 317 g/mol. The molecule has 0 saturated heterocycles. The number of unbranched alkanes of at least 4 members (excludes halogenated alkanes) is 3. The minimum atomic E-state index is -0.515. The Morgan fingerprint density at radius 1 is 1.28 bits per heavy atom. The molecule has 0 aliphatic carbocycles. The van der Waals surface area contributed by atoms with Crippen LogP contribution in [-0.2, 0) is 0 Å². The van der Waals surface area contributed by atoms with Crippen molar-refractivity contribution in [2.45, 2.75) is 32.6 Å². The second kappa shape index (κ2) is 8.25. The van der Waals surface area contributed by atoms with Crippen LogP contribution >= 0.6 is 15.9 Å². The fourth-order valence-electron chi connectivity index (χ4n) is 1.61. The highest BCUT2D eigenvalue weighted by Crippen LogP contribution is 2.17. The quantitative estimate of drug-likeness (QED) is 0.404. The molecule has 2 nitrogen and oxygen atoms in total. The van der Waals surface area contributed by atoms with E-state index < -0.39 is 5.82 Å². The fourth-order valence-corrected chi connectivity index (χ4v) is 2.01. The van der Waals surface area contributed by atoms with E-state index in [9.17, 15) is 9.18 Å². The number of Topliss-reactive ketones (excluding diaryl/α,β-unsaturated/α-hetero) is 1. The minimum absolute atomic E-state index is 0.111. The van der Waals surface area contributed by atoms with Crippen LogP contribution < -0.4 is 4.74 Å². The summed E-state index contributed by atoms with van der Waals surface area (Å²) in [6.45, 7) is 1.93. The third-order valence-corrected chi connectivity index (χ3v) is 3.18. The Balaban J connectivity index is 2.35. The lowest BCUT2D eigenvalue weighted by atomic mass is 10.1. The molecule has 0 fully saturated rings. The van der Waals surface area contributed by atoms with Gasteiger partial charge in [-0.3, -0.25) is 4.79 Å². The molecule has 1 rings (SSSR count). The molecule has 1 aromatic rings. The Morgan fingerprint density at radius 3 is 2.61 bits per heavy atom. The molecule has 0 spiro atoms. The van der Waals surface area contributed by atoms with E-state index >= 15 is 0 Å². The molecule has 0 saturated carbocycles. The summed E-state index contributed by atoms with van der Waals surface area (Å²) >= 11 is 3.38. The summed E-state index contributed by atoms with van der Waals surface area (Å²) in [5, 5.41) is 1.03. The van der Waals surface area contributed by atoms with Gasteiger partial charge >= 0.3 is 0 Å². The van der Waals surface area contributed by atoms with Gasteiger partial charge in [-0.25, -0.2) is 4.39 Å². The zero-order valence-electron chi connectivity index (χ0n) is 10.5. The van der Waals surface area contributed by atoms with Crippen molar-refractivity contribution >= 4 is 21.7 Å². The number of ketones is 1. The Bertz CT molecular complexity index is 393. The number of halogens is 2. The zero-order chi connectivity index (χ0) is 13.4. The van der Waals surface area contributed by atoms with Gasteiger partial charge in [0.25, 0.3) is 0 Å². The number of alkyl halides is 1. The van der Waals surface area contributed by atoms with Gasteiger partial charge in [0.15, 0.2) is 5.78 Å². The predicted octanol–water partition coefficient (Wildman–Crippen LogP) is 4.36. The van der Waals surface area contributed by atoms with E-state index in [0.29, 0.717) is 12.4 Å². The van der Waals surface area contributed by atoms with Crippen molar-refractivity contribution in [3.8, 4) is 5.75 Å². The molecule has 4 heteroatoms. The van der Waals surface area contributed by atoms with E-state index in [4.69, 9.17) is 4.74 Å². The molecule has 0 bridgehead atoms. The average Bonchev–Trinajstić information content (AvgIpc) is 2.33. The first-order chi connectivity index (χ1) is 8.65. The maximum atomic E-state index is 13.5. The number of benzene rings is 1. The standard InChI is InChI=1S/C14H18BrFO2/c1-11(17)13-7-6-12(10-14(13)16)18-9-5-3-2-4-8-15/h6-7,10H,2-5,8-9H2,1H3. The van der Waals surface area contributed by atoms with Crippen LogP contribution in [0.3, 0.4) is 0 Å². The van der Waals surface area contributed by atoms with Crippen LogP contribution in [0, 0.1) is 5.82 Å². The van der Waals surface area contributed by atoms with Crippen LogP contribution in [-0.4, -0.2) is 17.7 Å². The maximum Gasteiger partial charge on any atom is 0.162 e. The molecule has 0 radical (unpaired) electrons. The number of hydrogen-bond donors (Lipinski definition) is 0. The third kappa shape index (κ3) is 5.17. The summed E-state index contributed by atoms with van der Waals surface area (Å²) in [6.07, 6.45) is 4.41. The molecular formula is C14H18BrFO2. The van der Waals surface area contributed by atoms with Gasteiger partial charge in [-0.2, -0.15) is 0 Å². The summed E-state index contributed by atoms with van der Waals surface area (Å²) in [7, 11) is 0. The summed E-state index contributed by atoms with van der Waals surface area (Å²) in [6, 6.07) is 4.38. The zero-order valence-corrected chi connectivity index (χ0v) is 12.1. The summed E-state index contributed by atoms with van der Waals surface area (Å²) < 4.78 is 18.9. The van der Waals surface area contributed by atoms with E-state index in [-0.39, 0.29) is 11.3 Å². The van der Waals surface area contributed by atoms with Crippen molar-refractivity contribution in [3.63, 3.8) is 0 Å². The first kappa shape index (κ1) is 15.2.